The van der Waals surface area contributed by atoms with Crippen molar-refractivity contribution in [3.63, 3.8) is 0 Å². The molecule has 7 heteroatoms. The normalized spacial score (nSPS) is 19.5. The number of ether oxygens (including phenoxy) is 1. The number of benzene rings is 1. The zero-order valence-electron chi connectivity index (χ0n) is 20.4. The van der Waals surface area contributed by atoms with Crippen molar-refractivity contribution in [3.05, 3.63) is 52.2 Å². The van der Waals surface area contributed by atoms with Gasteiger partial charge in [-0.25, -0.2) is 4.79 Å². The monoisotopic (exact) mass is 552 g/mol. The molecule has 1 saturated carbocycles. The lowest BCUT2D eigenvalue weighted by atomic mass is 9.78. The molecule has 1 aliphatic rings. The zero-order chi connectivity index (χ0) is 24.1. The molecule has 5 nitrogen and oxygen atoms in total. The molecule has 4 N–H and O–H groups in total. The Morgan fingerprint density at radius 3 is 2.38 bits per heavy atom. The highest BCUT2D eigenvalue weighted by molar-refractivity contribution is 14.1. The SMILES string of the molecule is CC.C[B]CCN(I)C(=O)OC1CCCC(=C(/N)c2ccc(CC)cc2)/C(=C(/C)N)CC1. The van der Waals surface area contributed by atoms with Gasteiger partial charge in [0, 0.05) is 17.9 Å². The Balaban J connectivity index is 0.00000249. The molecule has 0 saturated heterocycles. The van der Waals surface area contributed by atoms with E-state index in [1.54, 1.807) is 3.11 Å². The topological polar surface area (TPSA) is 81.6 Å². The van der Waals surface area contributed by atoms with Crippen LogP contribution in [0.1, 0.15) is 70.9 Å². The molecule has 32 heavy (non-hydrogen) atoms. The summed E-state index contributed by atoms with van der Waals surface area (Å²) >= 11 is 2.03. The van der Waals surface area contributed by atoms with E-state index in [2.05, 4.69) is 31.2 Å². The first kappa shape index (κ1) is 28.4. The smallest absolute Gasteiger partial charge is 0.418 e. The van der Waals surface area contributed by atoms with Gasteiger partial charge in [0.15, 0.2) is 0 Å². The highest BCUT2D eigenvalue weighted by Gasteiger charge is 2.23. The first-order chi connectivity index (χ1) is 15.4. The second-order valence-electron chi connectivity index (χ2n) is 7.82. The van der Waals surface area contributed by atoms with E-state index in [0.29, 0.717) is 6.54 Å². The third-order valence-electron chi connectivity index (χ3n) is 5.59. The van der Waals surface area contributed by atoms with Gasteiger partial charge < -0.3 is 16.2 Å². The highest BCUT2D eigenvalue weighted by atomic mass is 127. The predicted molar refractivity (Wildman–Crippen MR) is 146 cm³/mol. The number of halogens is 1. The molecule has 1 amide bonds. The van der Waals surface area contributed by atoms with Crippen LogP contribution in [0.3, 0.4) is 0 Å². The van der Waals surface area contributed by atoms with Crippen LogP contribution in [0, 0.1) is 0 Å². The Bertz CT molecular complexity index is 774. The number of nitrogens with zero attached hydrogens (tertiary/aromatic N) is 1. The maximum absolute atomic E-state index is 12.4. The quantitative estimate of drug-likeness (QED) is 0.241. The lowest BCUT2D eigenvalue weighted by Gasteiger charge is -2.26. The predicted octanol–water partition coefficient (Wildman–Crippen LogP) is 6.47. The molecule has 0 bridgehead atoms. The first-order valence-electron chi connectivity index (χ1n) is 11.8. The maximum Gasteiger partial charge on any atom is 0.418 e. The number of hydrogen-bond acceptors (Lipinski definition) is 4. The fraction of sp³-hybridized carbons (Fsp3) is 0.560. The van der Waals surface area contributed by atoms with Gasteiger partial charge in [-0.05, 0) is 67.7 Å². The molecule has 1 aromatic carbocycles. The molecule has 1 unspecified atom stereocenters. The minimum absolute atomic E-state index is 0.0960. The number of allylic oxidation sites excluding steroid dienone is 3. The van der Waals surface area contributed by atoms with Crippen molar-refractivity contribution < 1.29 is 9.53 Å². The number of nitrogens with two attached hydrogens (primary N) is 2. The average Bonchev–Trinajstić information content (AvgIpc) is 2.79. The van der Waals surface area contributed by atoms with Crippen molar-refractivity contribution in [2.24, 2.45) is 11.5 Å². The van der Waals surface area contributed by atoms with E-state index in [-0.39, 0.29) is 12.2 Å². The number of rotatable bonds is 6. The van der Waals surface area contributed by atoms with Crippen LogP contribution in [-0.4, -0.2) is 29.1 Å². The van der Waals surface area contributed by atoms with Gasteiger partial charge in [0.1, 0.15) is 13.4 Å². The maximum atomic E-state index is 12.4. The zero-order valence-corrected chi connectivity index (χ0v) is 22.6. The van der Waals surface area contributed by atoms with E-state index in [1.165, 1.54) is 5.56 Å². The van der Waals surface area contributed by atoms with E-state index in [4.69, 9.17) is 16.2 Å². The van der Waals surface area contributed by atoms with Crippen LogP contribution in [-0.2, 0) is 11.2 Å². The average molecular weight is 552 g/mol. The molecule has 0 aliphatic heterocycles. The van der Waals surface area contributed by atoms with Crippen molar-refractivity contribution in [1.29, 1.82) is 0 Å². The van der Waals surface area contributed by atoms with Crippen LogP contribution < -0.4 is 11.5 Å². The van der Waals surface area contributed by atoms with E-state index < -0.39 is 0 Å². The Labute approximate surface area is 209 Å². The third-order valence-corrected chi connectivity index (χ3v) is 6.46. The highest BCUT2D eigenvalue weighted by Crippen LogP contribution is 2.33. The summed E-state index contributed by atoms with van der Waals surface area (Å²) in [7, 11) is 2.05. The summed E-state index contributed by atoms with van der Waals surface area (Å²) in [5.74, 6) is 0. The number of hydrogen-bond donors (Lipinski definition) is 2. The fourth-order valence-corrected chi connectivity index (χ4v) is 4.13. The van der Waals surface area contributed by atoms with Crippen LogP contribution in [0.15, 0.2) is 41.1 Å². The molecule has 1 fully saturated rings. The Morgan fingerprint density at radius 1 is 1.16 bits per heavy atom. The van der Waals surface area contributed by atoms with Crippen molar-refractivity contribution >= 4 is 41.9 Å². The number of aryl methyl sites for hydroxylation is 1. The van der Waals surface area contributed by atoms with Gasteiger partial charge in [-0.3, -0.25) is 3.11 Å². The standard InChI is InChI=1S/C23H34BIN3O2.C2H6/c1-4-17-8-10-18(11-9-17)22(27)21-7-5-6-19(12-13-20(21)16(2)26)30-23(29)28(25)15-14-24-3;1-2/h8-11,19H,4-7,12-15,26-27H2,1-3H3;1-2H3/b20-16-,22-21-;. The molecule has 2 rings (SSSR count). The molecular formula is C25H40BIN3O2. The van der Waals surface area contributed by atoms with Gasteiger partial charge in [-0.15, -0.1) is 0 Å². The van der Waals surface area contributed by atoms with Crippen LogP contribution in [0.5, 0.6) is 0 Å². The largest absolute Gasteiger partial charge is 0.446 e. The number of carbonyl (C=O) groups is 1. The lowest BCUT2D eigenvalue weighted by Crippen LogP contribution is -2.29. The van der Waals surface area contributed by atoms with Crippen molar-refractivity contribution in [3.8, 4) is 0 Å². The van der Waals surface area contributed by atoms with Gasteiger partial charge in [-0.1, -0.05) is 58.2 Å². The van der Waals surface area contributed by atoms with Gasteiger partial charge in [-0.2, -0.15) is 0 Å². The second-order valence-corrected chi connectivity index (χ2v) is 8.99. The van der Waals surface area contributed by atoms with E-state index in [0.717, 1.165) is 72.9 Å². The van der Waals surface area contributed by atoms with Gasteiger partial charge >= 0.3 is 6.09 Å². The number of carbonyl (C=O) groups excluding carboxylic acids is 1. The molecule has 1 atom stereocenters. The van der Waals surface area contributed by atoms with Crippen molar-refractivity contribution in [2.75, 3.05) is 6.54 Å². The fourth-order valence-electron chi connectivity index (χ4n) is 3.74. The molecule has 1 aromatic rings. The summed E-state index contributed by atoms with van der Waals surface area (Å²) in [4.78, 5) is 12.4. The summed E-state index contributed by atoms with van der Waals surface area (Å²) < 4.78 is 7.39. The molecule has 0 aromatic heterocycles. The van der Waals surface area contributed by atoms with E-state index in [1.807, 2.05) is 57.7 Å². The summed E-state index contributed by atoms with van der Waals surface area (Å²) in [5, 5.41) is 0. The first-order valence-corrected chi connectivity index (χ1v) is 12.8. The van der Waals surface area contributed by atoms with Gasteiger partial charge in [0.2, 0.25) is 0 Å². The molecular weight excluding hydrogens is 512 g/mol. The van der Waals surface area contributed by atoms with Crippen molar-refractivity contribution in [2.45, 2.75) is 85.5 Å². The molecule has 1 radical (unpaired) electrons. The third kappa shape index (κ3) is 8.72. The molecule has 0 spiro atoms. The van der Waals surface area contributed by atoms with Crippen LogP contribution >= 0.6 is 22.9 Å². The summed E-state index contributed by atoms with van der Waals surface area (Å²) in [6.45, 7) is 10.7. The minimum atomic E-state index is -0.260. The Hall–Kier alpha value is -1.64. The van der Waals surface area contributed by atoms with Crippen LogP contribution in [0.25, 0.3) is 5.70 Å². The lowest BCUT2D eigenvalue weighted by molar-refractivity contribution is 0.0751. The second kappa shape index (κ2) is 15.2. The summed E-state index contributed by atoms with van der Waals surface area (Å²) in [6, 6.07) is 8.45. The summed E-state index contributed by atoms with van der Waals surface area (Å²) in [6.07, 6.45) is 5.59. The van der Waals surface area contributed by atoms with Crippen LogP contribution in [0.2, 0.25) is 13.1 Å². The van der Waals surface area contributed by atoms with E-state index >= 15 is 0 Å². The molecule has 177 valence electrons. The minimum Gasteiger partial charge on any atom is -0.446 e. The van der Waals surface area contributed by atoms with Gasteiger partial charge in [0.05, 0.1) is 22.9 Å². The molecule has 1 aliphatic carbocycles. The van der Waals surface area contributed by atoms with Crippen LogP contribution in [0.4, 0.5) is 4.79 Å². The number of amides is 1. The van der Waals surface area contributed by atoms with E-state index in [9.17, 15) is 4.79 Å². The summed E-state index contributed by atoms with van der Waals surface area (Å²) in [5.41, 5.74) is 19.0. The Kier molecular flexibility index (Phi) is 13.5. The van der Waals surface area contributed by atoms with Gasteiger partial charge in [0.25, 0.3) is 0 Å². The van der Waals surface area contributed by atoms with Crippen molar-refractivity contribution in [1.82, 2.24) is 3.11 Å². The molecule has 0 heterocycles. The Morgan fingerprint density at radius 2 is 1.81 bits per heavy atom.